The number of morpholine rings is 1. The first kappa shape index (κ1) is 13.4. The maximum Gasteiger partial charge on any atom is 0.133 e. The van der Waals surface area contributed by atoms with E-state index in [0.29, 0.717) is 6.10 Å². The molecule has 1 aliphatic carbocycles. The zero-order valence-electron chi connectivity index (χ0n) is 11.0. The van der Waals surface area contributed by atoms with Crippen LogP contribution in [0, 0.1) is 5.92 Å². The highest BCUT2D eigenvalue weighted by molar-refractivity contribution is 9.10. The van der Waals surface area contributed by atoms with Gasteiger partial charge in [0.15, 0.2) is 0 Å². The van der Waals surface area contributed by atoms with Gasteiger partial charge in [0.1, 0.15) is 5.75 Å². The van der Waals surface area contributed by atoms with Gasteiger partial charge in [0.05, 0.1) is 23.8 Å². The second-order valence-electron chi connectivity index (χ2n) is 5.42. The summed E-state index contributed by atoms with van der Waals surface area (Å²) in [4.78, 5) is 0. The summed E-state index contributed by atoms with van der Waals surface area (Å²) < 4.78 is 12.6. The molecule has 4 heteroatoms. The molecule has 1 heterocycles. The van der Waals surface area contributed by atoms with Gasteiger partial charge in [-0.25, -0.2) is 0 Å². The standard InChI is InChI=1S/C15H20BrNO2/c16-14-8-12(7-13-9-17-5-6-18-13)3-4-15(14)19-10-11-1-2-11/h3-4,8,11,13,17H,1-2,5-7,9-10H2. The third-order valence-electron chi connectivity index (χ3n) is 3.64. The fraction of sp³-hybridized carbons (Fsp3) is 0.600. The third-order valence-corrected chi connectivity index (χ3v) is 4.26. The van der Waals surface area contributed by atoms with E-state index < -0.39 is 0 Å². The fourth-order valence-electron chi connectivity index (χ4n) is 2.29. The Morgan fingerprint density at radius 1 is 1.37 bits per heavy atom. The van der Waals surface area contributed by atoms with E-state index >= 15 is 0 Å². The molecule has 1 aromatic carbocycles. The molecule has 1 atom stereocenters. The van der Waals surface area contributed by atoms with E-state index in [2.05, 4.69) is 39.4 Å². The SMILES string of the molecule is Brc1cc(CC2CNCCO2)ccc1OCC1CC1. The lowest BCUT2D eigenvalue weighted by atomic mass is 10.1. The molecule has 104 valence electrons. The molecule has 0 aromatic heterocycles. The minimum atomic E-state index is 0.291. The maximum atomic E-state index is 5.82. The lowest BCUT2D eigenvalue weighted by Crippen LogP contribution is -2.39. The summed E-state index contributed by atoms with van der Waals surface area (Å²) in [5.74, 6) is 1.74. The van der Waals surface area contributed by atoms with Crippen molar-refractivity contribution in [2.45, 2.75) is 25.4 Å². The van der Waals surface area contributed by atoms with Gasteiger partial charge < -0.3 is 14.8 Å². The van der Waals surface area contributed by atoms with E-state index in [-0.39, 0.29) is 0 Å². The van der Waals surface area contributed by atoms with E-state index in [1.807, 2.05) is 0 Å². The van der Waals surface area contributed by atoms with Crippen molar-refractivity contribution in [2.75, 3.05) is 26.3 Å². The third kappa shape index (κ3) is 3.94. The van der Waals surface area contributed by atoms with Crippen LogP contribution in [0.5, 0.6) is 5.75 Å². The molecule has 1 saturated heterocycles. The number of halogens is 1. The maximum absolute atomic E-state index is 5.82. The molecular formula is C15H20BrNO2. The van der Waals surface area contributed by atoms with Gasteiger partial charge in [-0.3, -0.25) is 0 Å². The Kier molecular flexibility index (Phi) is 4.41. The zero-order valence-corrected chi connectivity index (χ0v) is 12.6. The highest BCUT2D eigenvalue weighted by atomic mass is 79.9. The smallest absolute Gasteiger partial charge is 0.133 e. The van der Waals surface area contributed by atoms with Crippen molar-refractivity contribution in [3.8, 4) is 5.75 Å². The van der Waals surface area contributed by atoms with Gasteiger partial charge in [-0.05, 0) is 58.8 Å². The molecule has 0 radical (unpaired) electrons. The lowest BCUT2D eigenvalue weighted by molar-refractivity contribution is 0.0292. The Morgan fingerprint density at radius 2 is 2.26 bits per heavy atom. The van der Waals surface area contributed by atoms with E-state index in [0.717, 1.165) is 48.9 Å². The van der Waals surface area contributed by atoms with E-state index in [1.54, 1.807) is 0 Å². The minimum Gasteiger partial charge on any atom is -0.492 e. The molecule has 1 saturated carbocycles. The molecule has 0 spiro atoms. The Hall–Kier alpha value is -0.580. The van der Waals surface area contributed by atoms with E-state index in [4.69, 9.17) is 9.47 Å². The Bertz CT molecular complexity index is 428. The van der Waals surface area contributed by atoms with Gasteiger partial charge in [-0.15, -0.1) is 0 Å². The van der Waals surface area contributed by atoms with Gasteiger partial charge in [-0.2, -0.15) is 0 Å². The zero-order chi connectivity index (χ0) is 13.1. The monoisotopic (exact) mass is 325 g/mol. The highest BCUT2D eigenvalue weighted by Gasteiger charge is 2.22. The first-order chi connectivity index (χ1) is 9.31. The molecule has 19 heavy (non-hydrogen) atoms. The summed E-state index contributed by atoms with van der Waals surface area (Å²) in [6.07, 6.45) is 3.89. The van der Waals surface area contributed by atoms with Crippen molar-refractivity contribution in [1.29, 1.82) is 0 Å². The molecule has 1 unspecified atom stereocenters. The fourth-order valence-corrected chi connectivity index (χ4v) is 2.83. The van der Waals surface area contributed by atoms with Crippen LogP contribution in [0.2, 0.25) is 0 Å². The quantitative estimate of drug-likeness (QED) is 0.903. The molecule has 1 N–H and O–H groups in total. The summed E-state index contributed by atoms with van der Waals surface area (Å²) in [6.45, 7) is 3.58. The van der Waals surface area contributed by atoms with Crippen molar-refractivity contribution in [3.63, 3.8) is 0 Å². The largest absolute Gasteiger partial charge is 0.492 e. The van der Waals surface area contributed by atoms with Crippen LogP contribution >= 0.6 is 15.9 Å². The van der Waals surface area contributed by atoms with E-state index in [9.17, 15) is 0 Å². The van der Waals surface area contributed by atoms with Crippen LogP contribution in [0.1, 0.15) is 18.4 Å². The lowest BCUT2D eigenvalue weighted by Gasteiger charge is -2.23. The number of rotatable bonds is 5. The average Bonchev–Trinajstić information content (AvgIpc) is 3.23. The van der Waals surface area contributed by atoms with Crippen LogP contribution in [0.15, 0.2) is 22.7 Å². The summed E-state index contributed by atoms with van der Waals surface area (Å²) >= 11 is 3.60. The van der Waals surface area contributed by atoms with Crippen molar-refractivity contribution in [3.05, 3.63) is 28.2 Å². The van der Waals surface area contributed by atoms with Crippen LogP contribution in [0.4, 0.5) is 0 Å². The molecule has 3 rings (SSSR count). The molecule has 2 fully saturated rings. The van der Waals surface area contributed by atoms with Gasteiger partial charge in [0.2, 0.25) is 0 Å². The second kappa shape index (κ2) is 6.25. The average molecular weight is 326 g/mol. The molecular weight excluding hydrogens is 306 g/mol. The van der Waals surface area contributed by atoms with Crippen LogP contribution in [0.25, 0.3) is 0 Å². The summed E-state index contributed by atoms with van der Waals surface area (Å²) in [5.41, 5.74) is 1.29. The Labute approximate surface area is 122 Å². The van der Waals surface area contributed by atoms with Crippen LogP contribution in [-0.2, 0) is 11.2 Å². The molecule has 3 nitrogen and oxygen atoms in total. The van der Waals surface area contributed by atoms with Gasteiger partial charge in [0.25, 0.3) is 0 Å². The molecule has 2 aliphatic rings. The van der Waals surface area contributed by atoms with Crippen LogP contribution in [-0.4, -0.2) is 32.4 Å². The Balaban J connectivity index is 1.57. The van der Waals surface area contributed by atoms with Crippen molar-refractivity contribution < 1.29 is 9.47 Å². The number of hydrogen-bond donors (Lipinski definition) is 1. The van der Waals surface area contributed by atoms with E-state index in [1.165, 1.54) is 18.4 Å². The first-order valence-electron chi connectivity index (χ1n) is 7.05. The molecule has 1 aromatic rings. The van der Waals surface area contributed by atoms with Crippen molar-refractivity contribution in [2.24, 2.45) is 5.92 Å². The predicted octanol–water partition coefficient (Wildman–Crippen LogP) is 2.77. The first-order valence-corrected chi connectivity index (χ1v) is 7.84. The van der Waals surface area contributed by atoms with Gasteiger partial charge >= 0.3 is 0 Å². The van der Waals surface area contributed by atoms with Crippen molar-refractivity contribution in [1.82, 2.24) is 5.32 Å². The highest BCUT2D eigenvalue weighted by Crippen LogP contribution is 2.32. The molecule has 0 amide bonds. The number of benzene rings is 1. The summed E-state index contributed by atoms with van der Waals surface area (Å²) in [6, 6.07) is 6.36. The number of ether oxygens (including phenoxy) is 2. The number of nitrogens with one attached hydrogen (secondary N) is 1. The molecule has 1 aliphatic heterocycles. The number of hydrogen-bond acceptors (Lipinski definition) is 3. The summed E-state index contributed by atoms with van der Waals surface area (Å²) in [7, 11) is 0. The summed E-state index contributed by atoms with van der Waals surface area (Å²) in [5, 5.41) is 3.36. The van der Waals surface area contributed by atoms with Gasteiger partial charge in [0, 0.05) is 13.1 Å². The molecule has 0 bridgehead atoms. The van der Waals surface area contributed by atoms with Crippen molar-refractivity contribution >= 4 is 15.9 Å². The van der Waals surface area contributed by atoms with Gasteiger partial charge in [-0.1, -0.05) is 6.07 Å². The minimum absolute atomic E-state index is 0.291. The normalized spacial score (nSPS) is 23.3. The topological polar surface area (TPSA) is 30.5 Å². The second-order valence-corrected chi connectivity index (χ2v) is 6.27. The van der Waals surface area contributed by atoms with Crippen LogP contribution < -0.4 is 10.1 Å². The Morgan fingerprint density at radius 3 is 2.95 bits per heavy atom. The predicted molar refractivity (Wildman–Crippen MR) is 78.7 cm³/mol. The van der Waals surface area contributed by atoms with Crippen LogP contribution in [0.3, 0.4) is 0 Å².